The van der Waals surface area contributed by atoms with Crippen LogP contribution in [-0.2, 0) is 5.54 Å². The summed E-state index contributed by atoms with van der Waals surface area (Å²) in [5, 5.41) is 8.97. The van der Waals surface area contributed by atoms with E-state index < -0.39 is 17.2 Å². The Morgan fingerprint density at radius 3 is 2.43 bits per heavy atom. The average Bonchev–Trinajstić information content (AvgIpc) is 2.11. The van der Waals surface area contributed by atoms with Gasteiger partial charge in [0.2, 0.25) is 0 Å². The highest BCUT2D eigenvalue weighted by atomic mass is 79.9. The quantitative estimate of drug-likeness (QED) is 0.803. The van der Waals surface area contributed by atoms with Crippen LogP contribution in [-0.4, -0.2) is 11.7 Å². The average molecular weight is 266 g/mol. The monoisotopic (exact) mass is 265 g/mol. The van der Waals surface area contributed by atoms with Gasteiger partial charge in [0.1, 0.15) is 0 Å². The van der Waals surface area contributed by atoms with E-state index in [0.717, 1.165) is 12.1 Å². The van der Waals surface area contributed by atoms with Crippen LogP contribution in [0, 0.1) is 11.6 Å². The van der Waals surface area contributed by atoms with Crippen molar-refractivity contribution >= 4 is 15.9 Å². The van der Waals surface area contributed by atoms with Crippen LogP contribution in [0.4, 0.5) is 8.78 Å². The van der Waals surface area contributed by atoms with Crippen LogP contribution in [0.2, 0.25) is 0 Å². The first kappa shape index (κ1) is 11.6. The SMILES string of the molecule is C[C@](N)(CO)c1cc(F)c(F)cc1Br. The second-order valence-corrected chi connectivity index (χ2v) is 4.18. The third kappa shape index (κ3) is 2.10. The lowest BCUT2D eigenvalue weighted by molar-refractivity contribution is 0.209. The van der Waals surface area contributed by atoms with Crippen LogP contribution in [0.25, 0.3) is 0 Å². The number of nitrogens with two attached hydrogens (primary N) is 1. The minimum Gasteiger partial charge on any atom is -0.394 e. The molecule has 14 heavy (non-hydrogen) atoms. The van der Waals surface area contributed by atoms with Crippen LogP contribution < -0.4 is 5.73 Å². The van der Waals surface area contributed by atoms with Crippen LogP contribution in [0.15, 0.2) is 16.6 Å². The number of hydrogen-bond acceptors (Lipinski definition) is 2. The summed E-state index contributed by atoms with van der Waals surface area (Å²) in [6.45, 7) is 1.18. The summed E-state index contributed by atoms with van der Waals surface area (Å²) in [7, 11) is 0. The number of rotatable bonds is 2. The Morgan fingerprint density at radius 2 is 1.93 bits per heavy atom. The van der Waals surface area contributed by atoms with Crippen LogP contribution in [0.1, 0.15) is 12.5 Å². The van der Waals surface area contributed by atoms with Gasteiger partial charge in [-0.1, -0.05) is 15.9 Å². The molecular formula is C9H10BrF2NO. The minimum absolute atomic E-state index is 0.332. The topological polar surface area (TPSA) is 46.2 Å². The fourth-order valence-electron chi connectivity index (χ4n) is 1.05. The largest absolute Gasteiger partial charge is 0.394 e. The summed E-state index contributed by atoms with van der Waals surface area (Å²) in [4.78, 5) is 0. The van der Waals surface area contributed by atoms with Crippen molar-refractivity contribution in [2.45, 2.75) is 12.5 Å². The number of hydrogen-bond donors (Lipinski definition) is 2. The zero-order chi connectivity index (χ0) is 10.9. The molecule has 1 rings (SSSR count). The van der Waals surface area contributed by atoms with Gasteiger partial charge in [-0.15, -0.1) is 0 Å². The molecule has 1 atom stereocenters. The minimum atomic E-state index is -1.09. The van der Waals surface area contributed by atoms with E-state index in [4.69, 9.17) is 10.8 Å². The zero-order valence-corrected chi connectivity index (χ0v) is 9.11. The van der Waals surface area contributed by atoms with Crippen molar-refractivity contribution in [3.63, 3.8) is 0 Å². The summed E-state index contributed by atoms with van der Waals surface area (Å²) in [5.41, 5.74) is 4.93. The molecule has 1 aromatic rings. The lowest BCUT2D eigenvalue weighted by Gasteiger charge is -2.23. The molecule has 0 aromatic heterocycles. The predicted octanol–water partition coefficient (Wildman–Crippen LogP) is 1.89. The Bertz CT molecular complexity index is 355. The molecule has 1 aromatic carbocycles. The molecule has 0 aliphatic heterocycles. The van der Waals surface area contributed by atoms with E-state index in [0.29, 0.717) is 10.0 Å². The summed E-state index contributed by atoms with van der Waals surface area (Å²) >= 11 is 3.06. The van der Waals surface area contributed by atoms with Gasteiger partial charge in [0.15, 0.2) is 11.6 Å². The molecule has 0 heterocycles. The van der Waals surface area contributed by atoms with Crippen LogP contribution in [0.5, 0.6) is 0 Å². The Hall–Kier alpha value is -0.520. The van der Waals surface area contributed by atoms with Gasteiger partial charge in [-0.25, -0.2) is 8.78 Å². The first-order valence-corrected chi connectivity index (χ1v) is 4.72. The second-order valence-electron chi connectivity index (χ2n) is 3.32. The maximum atomic E-state index is 12.9. The Labute approximate surface area is 88.9 Å². The van der Waals surface area contributed by atoms with Crippen molar-refractivity contribution in [3.8, 4) is 0 Å². The highest BCUT2D eigenvalue weighted by Gasteiger charge is 2.24. The van der Waals surface area contributed by atoms with Gasteiger partial charge in [0.25, 0.3) is 0 Å². The predicted molar refractivity (Wildman–Crippen MR) is 52.7 cm³/mol. The van der Waals surface area contributed by atoms with E-state index in [1.54, 1.807) is 0 Å². The number of halogens is 3. The standard InChI is InChI=1S/C9H10BrF2NO/c1-9(13,4-14)5-2-7(11)8(12)3-6(5)10/h2-3,14H,4,13H2,1H3/t9-/m0/s1. The molecule has 0 amide bonds. The second kappa shape index (κ2) is 3.92. The Kier molecular flexibility index (Phi) is 3.24. The van der Waals surface area contributed by atoms with E-state index >= 15 is 0 Å². The lowest BCUT2D eigenvalue weighted by Crippen LogP contribution is -2.37. The van der Waals surface area contributed by atoms with E-state index in [1.807, 2.05) is 0 Å². The van der Waals surface area contributed by atoms with Gasteiger partial charge in [0.05, 0.1) is 12.1 Å². The van der Waals surface area contributed by atoms with Crippen LogP contribution in [0.3, 0.4) is 0 Å². The van der Waals surface area contributed by atoms with Gasteiger partial charge < -0.3 is 10.8 Å². The van der Waals surface area contributed by atoms with Gasteiger partial charge in [-0.3, -0.25) is 0 Å². The van der Waals surface area contributed by atoms with Crippen molar-refractivity contribution in [1.29, 1.82) is 0 Å². The highest BCUT2D eigenvalue weighted by molar-refractivity contribution is 9.10. The van der Waals surface area contributed by atoms with E-state index in [2.05, 4.69) is 15.9 Å². The number of benzene rings is 1. The van der Waals surface area contributed by atoms with Gasteiger partial charge in [0, 0.05) is 4.47 Å². The maximum absolute atomic E-state index is 12.9. The number of aliphatic hydroxyl groups excluding tert-OH is 1. The van der Waals surface area contributed by atoms with Gasteiger partial charge in [-0.05, 0) is 24.6 Å². The molecule has 0 unspecified atom stereocenters. The van der Waals surface area contributed by atoms with Crippen molar-refractivity contribution in [2.75, 3.05) is 6.61 Å². The molecule has 0 aliphatic carbocycles. The van der Waals surface area contributed by atoms with Gasteiger partial charge >= 0.3 is 0 Å². The van der Waals surface area contributed by atoms with Crippen LogP contribution >= 0.6 is 15.9 Å². The Balaban J connectivity index is 3.29. The first-order valence-electron chi connectivity index (χ1n) is 3.93. The van der Waals surface area contributed by atoms with Crippen molar-refractivity contribution in [3.05, 3.63) is 33.8 Å². The molecule has 2 nitrogen and oxygen atoms in total. The smallest absolute Gasteiger partial charge is 0.159 e. The van der Waals surface area contributed by atoms with Gasteiger partial charge in [-0.2, -0.15) is 0 Å². The maximum Gasteiger partial charge on any atom is 0.159 e. The fraction of sp³-hybridized carbons (Fsp3) is 0.333. The molecule has 5 heteroatoms. The number of aliphatic hydroxyl groups is 1. The lowest BCUT2D eigenvalue weighted by atomic mass is 9.94. The first-order chi connectivity index (χ1) is 6.38. The van der Waals surface area contributed by atoms with E-state index in [-0.39, 0.29) is 6.61 Å². The van der Waals surface area contributed by atoms with E-state index in [1.165, 1.54) is 6.92 Å². The summed E-state index contributed by atoms with van der Waals surface area (Å²) < 4.78 is 26.0. The van der Waals surface area contributed by atoms with Crippen molar-refractivity contribution in [2.24, 2.45) is 5.73 Å². The molecule has 0 spiro atoms. The normalized spacial score (nSPS) is 15.3. The molecule has 0 saturated carbocycles. The third-order valence-electron chi connectivity index (χ3n) is 1.95. The summed E-state index contributed by atoms with van der Waals surface area (Å²) in [5.74, 6) is -1.93. The van der Waals surface area contributed by atoms with Crippen molar-refractivity contribution < 1.29 is 13.9 Å². The molecule has 0 aliphatic rings. The van der Waals surface area contributed by atoms with Crippen molar-refractivity contribution in [1.82, 2.24) is 0 Å². The molecular weight excluding hydrogens is 256 g/mol. The summed E-state index contributed by atoms with van der Waals surface area (Å²) in [6.07, 6.45) is 0. The zero-order valence-electron chi connectivity index (χ0n) is 7.52. The molecule has 0 saturated heterocycles. The molecule has 0 bridgehead atoms. The third-order valence-corrected chi connectivity index (χ3v) is 2.61. The Morgan fingerprint density at radius 1 is 1.43 bits per heavy atom. The summed E-state index contributed by atoms with van der Waals surface area (Å²) in [6, 6.07) is 1.97. The molecule has 78 valence electrons. The fourth-order valence-corrected chi connectivity index (χ4v) is 1.81. The molecule has 3 N–H and O–H groups in total. The van der Waals surface area contributed by atoms with E-state index in [9.17, 15) is 8.78 Å². The molecule has 0 radical (unpaired) electrons. The molecule has 0 fully saturated rings. The highest BCUT2D eigenvalue weighted by Crippen LogP contribution is 2.28.